The summed E-state index contributed by atoms with van der Waals surface area (Å²) in [5.74, 6) is 2.33. The standard InChI is InChI=1S/C12H17ClN2S/c13-10-3-1-4-11(7-10)15-12(8-14)5-2-6-16-9-12/h1,3-4,7,15H,2,5-6,8-9,14H2. The lowest BCUT2D eigenvalue weighted by Crippen LogP contribution is -2.49. The monoisotopic (exact) mass is 256 g/mol. The van der Waals surface area contributed by atoms with E-state index >= 15 is 0 Å². The topological polar surface area (TPSA) is 38.0 Å². The maximum Gasteiger partial charge on any atom is 0.0586 e. The van der Waals surface area contributed by atoms with Gasteiger partial charge in [0, 0.05) is 23.0 Å². The van der Waals surface area contributed by atoms with Crippen LogP contribution in [0.5, 0.6) is 0 Å². The average molecular weight is 257 g/mol. The molecule has 2 nitrogen and oxygen atoms in total. The molecular formula is C12H17ClN2S. The van der Waals surface area contributed by atoms with E-state index in [1.54, 1.807) is 0 Å². The Hall–Kier alpha value is -0.380. The van der Waals surface area contributed by atoms with Gasteiger partial charge in [-0.15, -0.1) is 0 Å². The Morgan fingerprint density at radius 3 is 3.00 bits per heavy atom. The van der Waals surface area contributed by atoms with E-state index in [2.05, 4.69) is 5.32 Å². The van der Waals surface area contributed by atoms with E-state index in [9.17, 15) is 0 Å². The molecule has 1 aliphatic heterocycles. The van der Waals surface area contributed by atoms with Crippen LogP contribution in [0.2, 0.25) is 5.02 Å². The van der Waals surface area contributed by atoms with Crippen LogP contribution in [0.4, 0.5) is 5.69 Å². The van der Waals surface area contributed by atoms with Crippen LogP contribution in [-0.2, 0) is 0 Å². The summed E-state index contributed by atoms with van der Waals surface area (Å²) in [6.07, 6.45) is 2.37. The molecule has 1 fully saturated rings. The van der Waals surface area contributed by atoms with E-state index in [1.807, 2.05) is 36.0 Å². The highest BCUT2D eigenvalue weighted by atomic mass is 35.5. The molecule has 1 aromatic rings. The summed E-state index contributed by atoms with van der Waals surface area (Å²) >= 11 is 7.95. The van der Waals surface area contributed by atoms with Crippen LogP contribution in [-0.4, -0.2) is 23.6 Å². The van der Waals surface area contributed by atoms with Gasteiger partial charge in [-0.25, -0.2) is 0 Å². The van der Waals surface area contributed by atoms with Crippen molar-refractivity contribution in [1.29, 1.82) is 0 Å². The summed E-state index contributed by atoms with van der Waals surface area (Å²) < 4.78 is 0. The fourth-order valence-corrected chi connectivity index (χ4v) is 3.44. The fraction of sp³-hybridized carbons (Fsp3) is 0.500. The Kier molecular flexibility index (Phi) is 4.00. The van der Waals surface area contributed by atoms with Gasteiger partial charge in [-0.3, -0.25) is 0 Å². The summed E-state index contributed by atoms with van der Waals surface area (Å²) in [4.78, 5) is 0. The molecule has 0 saturated carbocycles. The van der Waals surface area contributed by atoms with Crippen LogP contribution >= 0.6 is 23.4 Å². The van der Waals surface area contributed by atoms with Crippen molar-refractivity contribution in [3.63, 3.8) is 0 Å². The van der Waals surface area contributed by atoms with E-state index in [0.29, 0.717) is 6.54 Å². The van der Waals surface area contributed by atoms with Crippen molar-refractivity contribution >= 4 is 29.1 Å². The molecule has 0 radical (unpaired) electrons. The normalized spacial score (nSPS) is 25.4. The van der Waals surface area contributed by atoms with E-state index in [1.165, 1.54) is 12.2 Å². The number of benzene rings is 1. The number of nitrogens with one attached hydrogen (secondary N) is 1. The highest BCUT2D eigenvalue weighted by Crippen LogP contribution is 2.30. The van der Waals surface area contributed by atoms with Crippen LogP contribution < -0.4 is 11.1 Å². The number of hydrogen-bond donors (Lipinski definition) is 2. The lowest BCUT2D eigenvalue weighted by atomic mass is 9.95. The summed E-state index contributed by atoms with van der Waals surface area (Å²) in [5.41, 5.74) is 7.03. The minimum Gasteiger partial charge on any atom is -0.377 e. The molecule has 4 heteroatoms. The lowest BCUT2D eigenvalue weighted by Gasteiger charge is -2.37. The fourth-order valence-electron chi connectivity index (χ4n) is 2.04. The molecule has 1 saturated heterocycles. The van der Waals surface area contributed by atoms with Crippen molar-refractivity contribution in [3.05, 3.63) is 29.3 Å². The molecule has 0 aromatic heterocycles. The molecular weight excluding hydrogens is 240 g/mol. The van der Waals surface area contributed by atoms with Gasteiger partial charge < -0.3 is 11.1 Å². The molecule has 1 unspecified atom stereocenters. The van der Waals surface area contributed by atoms with Gasteiger partial charge in [0.1, 0.15) is 0 Å². The SMILES string of the molecule is NCC1(Nc2cccc(Cl)c2)CCCSC1. The number of anilines is 1. The van der Waals surface area contributed by atoms with Crippen LogP contribution in [0.3, 0.4) is 0 Å². The second-order valence-corrected chi connectivity index (χ2v) is 5.82. The quantitative estimate of drug-likeness (QED) is 0.873. The van der Waals surface area contributed by atoms with Gasteiger partial charge >= 0.3 is 0 Å². The van der Waals surface area contributed by atoms with Crippen molar-refractivity contribution in [2.75, 3.05) is 23.4 Å². The van der Waals surface area contributed by atoms with Crippen molar-refractivity contribution in [1.82, 2.24) is 0 Å². The lowest BCUT2D eigenvalue weighted by molar-refractivity contribution is 0.476. The Morgan fingerprint density at radius 2 is 2.38 bits per heavy atom. The molecule has 1 heterocycles. The molecule has 1 aromatic carbocycles. The van der Waals surface area contributed by atoms with Gasteiger partial charge in [0.2, 0.25) is 0 Å². The van der Waals surface area contributed by atoms with Crippen molar-refractivity contribution < 1.29 is 0 Å². The first-order valence-electron chi connectivity index (χ1n) is 5.56. The van der Waals surface area contributed by atoms with Crippen LogP contribution in [0.1, 0.15) is 12.8 Å². The first kappa shape index (κ1) is 12.1. The number of rotatable bonds is 3. The maximum absolute atomic E-state index is 5.97. The molecule has 88 valence electrons. The molecule has 0 spiro atoms. The Bertz CT molecular complexity index is 351. The molecule has 1 atom stereocenters. The third-order valence-electron chi connectivity index (χ3n) is 2.95. The van der Waals surface area contributed by atoms with Crippen LogP contribution in [0.15, 0.2) is 24.3 Å². The third kappa shape index (κ3) is 2.84. The van der Waals surface area contributed by atoms with Gasteiger partial charge in [0.05, 0.1) is 5.54 Å². The first-order valence-corrected chi connectivity index (χ1v) is 7.09. The van der Waals surface area contributed by atoms with Gasteiger partial charge in [0.25, 0.3) is 0 Å². The van der Waals surface area contributed by atoms with Gasteiger partial charge in [0.15, 0.2) is 0 Å². The van der Waals surface area contributed by atoms with Crippen molar-refractivity contribution in [2.45, 2.75) is 18.4 Å². The van der Waals surface area contributed by atoms with Gasteiger partial charge in [-0.1, -0.05) is 17.7 Å². The second kappa shape index (κ2) is 5.30. The number of hydrogen-bond acceptors (Lipinski definition) is 3. The molecule has 1 aliphatic rings. The first-order chi connectivity index (χ1) is 7.74. The molecule has 0 bridgehead atoms. The summed E-state index contributed by atoms with van der Waals surface area (Å²) in [7, 11) is 0. The minimum absolute atomic E-state index is 0.0492. The third-order valence-corrected chi connectivity index (χ3v) is 4.52. The molecule has 0 amide bonds. The van der Waals surface area contributed by atoms with Gasteiger partial charge in [-0.05, 0) is 36.8 Å². The number of nitrogens with two attached hydrogens (primary N) is 1. The molecule has 16 heavy (non-hydrogen) atoms. The molecule has 3 N–H and O–H groups in total. The Balaban J connectivity index is 2.11. The Morgan fingerprint density at radius 1 is 1.50 bits per heavy atom. The van der Waals surface area contributed by atoms with E-state index in [-0.39, 0.29) is 5.54 Å². The zero-order valence-electron chi connectivity index (χ0n) is 9.21. The highest BCUT2D eigenvalue weighted by Gasteiger charge is 2.30. The number of thioether (sulfide) groups is 1. The predicted octanol–water partition coefficient (Wildman–Crippen LogP) is 2.98. The van der Waals surface area contributed by atoms with E-state index < -0.39 is 0 Å². The smallest absolute Gasteiger partial charge is 0.0586 e. The number of halogens is 1. The molecule has 2 rings (SSSR count). The molecule has 0 aliphatic carbocycles. The zero-order chi connectivity index (χ0) is 11.4. The van der Waals surface area contributed by atoms with E-state index in [0.717, 1.165) is 22.9 Å². The summed E-state index contributed by atoms with van der Waals surface area (Å²) in [6, 6.07) is 7.85. The van der Waals surface area contributed by atoms with Crippen molar-refractivity contribution in [2.24, 2.45) is 5.73 Å². The minimum atomic E-state index is 0.0492. The summed E-state index contributed by atoms with van der Waals surface area (Å²) in [5, 5.41) is 4.32. The predicted molar refractivity (Wildman–Crippen MR) is 73.4 cm³/mol. The average Bonchev–Trinajstić information content (AvgIpc) is 2.30. The van der Waals surface area contributed by atoms with Crippen molar-refractivity contribution in [3.8, 4) is 0 Å². The highest BCUT2D eigenvalue weighted by molar-refractivity contribution is 7.99. The maximum atomic E-state index is 5.97. The largest absolute Gasteiger partial charge is 0.377 e. The van der Waals surface area contributed by atoms with Gasteiger partial charge in [-0.2, -0.15) is 11.8 Å². The summed E-state index contributed by atoms with van der Waals surface area (Å²) in [6.45, 7) is 0.673. The Labute approximate surface area is 106 Å². The van der Waals surface area contributed by atoms with Crippen LogP contribution in [0.25, 0.3) is 0 Å². The van der Waals surface area contributed by atoms with E-state index in [4.69, 9.17) is 17.3 Å². The second-order valence-electron chi connectivity index (χ2n) is 4.28. The zero-order valence-corrected chi connectivity index (χ0v) is 10.8. The van der Waals surface area contributed by atoms with Crippen LogP contribution in [0, 0.1) is 0 Å².